The SMILES string of the molecule is Cl.NC1CCN(C(=O)CCCS(=O)c2ccc(Br)cc2)CC1. The van der Waals surface area contributed by atoms with Crippen LogP contribution in [0.1, 0.15) is 25.7 Å². The summed E-state index contributed by atoms with van der Waals surface area (Å²) in [5.41, 5.74) is 5.83. The standard InChI is InChI=1S/C15H21BrN2O2S.ClH/c16-12-3-5-14(6-4-12)21(20)11-1-2-15(19)18-9-7-13(17)8-10-18;/h3-6,13H,1-2,7-11,17H2;1H. The van der Waals surface area contributed by atoms with Crippen molar-refractivity contribution in [3.8, 4) is 0 Å². The zero-order valence-corrected chi connectivity index (χ0v) is 15.6. The summed E-state index contributed by atoms with van der Waals surface area (Å²) < 4.78 is 13.1. The van der Waals surface area contributed by atoms with E-state index in [1.807, 2.05) is 29.2 Å². The Labute approximate surface area is 148 Å². The molecule has 1 atom stereocenters. The Kier molecular flexibility index (Phi) is 8.61. The number of likely N-dealkylation sites (tertiary alicyclic amines) is 1. The average molecular weight is 410 g/mol. The van der Waals surface area contributed by atoms with E-state index in [0.29, 0.717) is 18.6 Å². The van der Waals surface area contributed by atoms with Crippen LogP contribution in [0.4, 0.5) is 0 Å². The predicted molar refractivity (Wildman–Crippen MR) is 95.7 cm³/mol. The lowest BCUT2D eigenvalue weighted by molar-refractivity contribution is -0.132. The molecule has 4 nitrogen and oxygen atoms in total. The lowest BCUT2D eigenvalue weighted by Gasteiger charge is -2.30. The fourth-order valence-electron chi connectivity index (χ4n) is 2.37. The van der Waals surface area contributed by atoms with Crippen LogP contribution in [-0.2, 0) is 15.6 Å². The maximum atomic E-state index is 12.1. The molecule has 1 amide bonds. The third-order valence-electron chi connectivity index (χ3n) is 3.69. The number of hydrogen-bond acceptors (Lipinski definition) is 3. The minimum atomic E-state index is -1.03. The van der Waals surface area contributed by atoms with Crippen LogP contribution in [0, 0.1) is 0 Å². The molecule has 1 aromatic rings. The molecule has 0 bridgehead atoms. The quantitative estimate of drug-likeness (QED) is 0.813. The molecule has 22 heavy (non-hydrogen) atoms. The van der Waals surface area contributed by atoms with Gasteiger partial charge < -0.3 is 10.6 Å². The summed E-state index contributed by atoms with van der Waals surface area (Å²) in [6, 6.07) is 7.71. The smallest absolute Gasteiger partial charge is 0.222 e. The lowest BCUT2D eigenvalue weighted by Crippen LogP contribution is -2.42. The molecule has 1 heterocycles. The fourth-order valence-corrected chi connectivity index (χ4v) is 3.71. The number of amides is 1. The first kappa shape index (κ1) is 19.6. The highest BCUT2D eigenvalue weighted by atomic mass is 79.9. The first-order valence-electron chi connectivity index (χ1n) is 7.23. The van der Waals surface area contributed by atoms with Gasteiger partial charge in [0.1, 0.15) is 0 Å². The Bertz CT molecular complexity index is 505. The van der Waals surface area contributed by atoms with E-state index in [9.17, 15) is 9.00 Å². The van der Waals surface area contributed by atoms with Gasteiger partial charge in [-0.15, -0.1) is 12.4 Å². The topological polar surface area (TPSA) is 63.4 Å². The molecule has 124 valence electrons. The van der Waals surface area contributed by atoms with E-state index >= 15 is 0 Å². The number of benzene rings is 1. The van der Waals surface area contributed by atoms with Gasteiger partial charge >= 0.3 is 0 Å². The average Bonchev–Trinajstić information content (AvgIpc) is 2.48. The van der Waals surface area contributed by atoms with Crippen LogP contribution in [0.3, 0.4) is 0 Å². The van der Waals surface area contributed by atoms with Crippen LogP contribution in [-0.4, -0.2) is 39.9 Å². The van der Waals surface area contributed by atoms with Gasteiger partial charge in [0.2, 0.25) is 5.91 Å². The summed E-state index contributed by atoms with van der Waals surface area (Å²) >= 11 is 3.36. The van der Waals surface area contributed by atoms with E-state index in [-0.39, 0.29) is 24.4 Å². The van der Waals surface area contributed by atoms with Crippen molar-refractivity contribution in [3.05, 3.63) is 28.7 Å². The maximum absolute atomic E-state index is 12.1. The largest absolute Gasteiger partial charge is 0.343 e. The van der Waals surface area contributed by atoms with Crippen molar-refractivity contribution in [2.24, 2.45) is 5.73 Å². The zero-order chi connectivity index (χ0) is 15.2. The minimum Gasteiger partial charge on any atom is -0.343 e. The third kappa shape index (κ3) is 5.99. The second-order valence-corrected chi connectivity index (χ2v) is 7.81. The zero-order valence-electron chi connectivity index (χ0n) is 12.4. The monoisotopic (exact) mass is 408 g/mol. The van der Waals surface area contributed by atoms with Crippen molar-refractivity contribution < 1.29 is 9.00 Å². The summed E-state index contributed by atoms with van der Waals surface area (Å²) in [6.45, 7) is 1.52. The van der Waals surface area contributed by atoms with Crippen LogP contribution < -0.4 is 5.73 Å². The van der Waals surface area contributed by atoms with E-state index in [0.717, 1.165) is 35.3 Å². The van der Waals surface area contributed by atoms with Crippen molar-refractivity contribution in [2.75, 3.05) is 18.8 Å². The van der Waals surface area contributed by atoms with Gasteiger partial charge in [0.05, 0.1) is 10.8 Å². The summed E-state index contributed by atoms with van der Waals surface area (Å²) in [4.78, 5) is 14.7. The van der Waals surface area contributed by atoms with Gasteiger partial charge in [-0.05, 0) is 43.5 Å². The molecule has 1 aromatic carbocycles. The summed E-state index contributed by atoms with van der Waals surface area (Å²) in [5.74, 6) is 0.690. The number of carbonyl (C=O) groups excluding carboxylic acids is 1. The molecule has 1 saturated heterocycles. The molecule has 1 aliphatic heterocycles. The van der Waals surface area contributed by atoms with Gasteiger partial charge in [-0.25, -0.2) is 0 Å². The van der Waals surface area contributed by atoms with Crippen molar-refractivity contribution in [1.29, 1.82) is 0 Å². The van der Waals surface area contributed by atoms with E-state index < -0.39 is 10.8 Å². The summed E-state index contributed by atoms with van der Waals surface area (Å²) in [6.07, 6.45) is 2.90. The van der Waals surface area contributed by atoms with Gasteiger partial charge in [-0.3, -0.25) is 9.00 Å². The van der Waals surface area contributed by atoms with Crippen LogP contribution in [0.15, 0.2) is 33.6 Å². The Morgan fingerprint density at radius 2 is 1.86 bits per heavy atom. The van der Waals surface area contributed by atoms with Crippen LogP contribution in [0.25, 0.3) is 0 Å². The third-order valence-corrected chi connectivity index (χ3v) is 5.68. The highest BCUT2D eigenvalue weighted by Crippen LogP contribution is 2.15. The van der Waals surface area contributed by atoms with Crippen molar-refractivity contribution in [3.63, 3.8) is 0 Å². The second kappa shape index (κ2) is 9.65. The molecule has 0 aliphatic carbocycles. The summed E-state index contributed by atoms with van der Waals surface area (Å²) in [5, 5.41) is 0. The molecular formula is C15H22BrClN2O2S. The summed E-state index contributed by atoms with van der Waals surface area (Å²) in [7, 11) is -1.03. The van der Waals surface area contributed by atoms with Crippen molar-refractivity contribution >= 4 is 45.0 Å². The van der Waals surface area contributed by atoms with Gasteiger partial charge in [-0.1, -0.05) is 15.9 Å². The number of carbonyl (C=O) groups is 1. The molecule has 2 rings (SSSR count). The number of piperidine rings is 1. The number of rotatable bonds is 5. The van der Waals surface area contributed by atoms with E-state index in [4.69, 9.17) is 5.73 Å². The number of hydrogen-bond donors (Lipinski definition) is 1. The molecule has 1 aliphatic rings. The molecule has 2 N–H and O–H groups in total. The molecule has 0 radical (unpaired) electrons. The number of nitrogens with two attached hydrogens (primary N) is 1. The van der Waals surface area contributed by atoms with Crippen molar-refractivity contribution in [1.82, 2.24) is 4.90 Å². The first-order chi connectivity index (χ1) is 10.1. The first-order valence-corrected chi connectivity index (χ1v) is 9.35. The van der Waals surface area contributed by atoms with E-state index in [2.05, 4.69) is 15.9 Å². The normalized spacial score (nSPS) is 16.9. The molecule has 1 fully saturated rings. The van der Waals surface area contributed by atoms with E-state index in [1.165, 1.54) is 0 Å². The molecule has 1 unspecified atom stereocenters. The minimum absolute atomic E-state index is 0. The Balaban J connectivity index is 0.00000242. The molecule has 0 spiro atoms. The van der Waals surface area contributed by atoms with Gasteiger partial charge in [0.15, 0.2) is 0 Å². The second-order valence-electron chi connectivity index (χ2n) is 5.33. The Hall–Kier alpha value is -0.430. The van der Waals surface area contributed by atoms with E-state index in [1.54, 1.807) is 0 Å². The predicted octanol–water partition coefficient (Wildman–Crippen LogP) is 2.71. The lowest BCUT2D eigenvalue weighted by atomic mass is 10.1. The van der Waals surface area contributed by atoms with Gasteiger partial charge in [-0.2, -0.15) is 0 Å². The molecule has 7 heteroatoms. The van der Waals surface area contributed by atoms with Gasteiger partial charge in [0, 0.05) is 40.7 Å². The highest BCUT2D eigenvalue weighted by molar-refractivity contribution is 9.10. The Morgan fingerprint density at radius 1 is 1.27 bits per heavy atom. The highest BCUT2D eigenvalue weighted by Gasteiger charge is 2.20. The number of halogens is 2. The fraction of sp³-hybridized carbons (Fsp3) is 0.533. The Morgan fingerprint density at radius 3 is 2.45 bits per heavy atom. The molecule has 0 saturated carbocycles. The van der Waals surface area contributed by atoms with Crippen LogP contribution in [0.2, 0.25) is 0 Å². The van der Waals surface area contributed by atoms with Gasteiger partial charge in [0.25, 0.3) is 0 Å². The molecular weight excluding hydrogens is 388 g/mol. The van der Waals surface area contributed by atoms with Crippen LogP contribution in [0.5, 0.6) is 0 Å². The number of nitrogens with zero attached hydrogens (tertiary/aromatic N) is 1. The van der Waals surface area contributed by atoms with Crippen LogP contribution >= 0.6 is 28.3 Å². The molecule has 0 aromatic heterocycles. The van der Waals surface area contributed by atoms with Crippen molar-refractivity contribution in [2.45, 2.75) is 36.6 Å². The maximum Gasteiger partial charge on any atom is 0.222 e.